The van der Waals surface area contributed by atoms with Crippen molar-refractivity contribution in [3.05, 3.63) is 12.2 Å². The molecule has 0 atom stereocenters. The molecule has 0 aliphatic carbocycles. The van der Waals surface area contributed by atoms with Gasteiger partial charge in [0.1, 0.15) is 0 Å². The van der Waals surface area contributed by atoms with E-state index in [0.29, 0.717) is 12.2 Å². The van der Waals surface area contributed by atoms with Gasteiger partial charge in [0.15, 0.2) is 0 Å². The molecule has 0 aliphatic rings. The number of ether oxygens (including phenoxy) is 1. The van der Waals surface area contributed by atoms with Gasteiger partial charge in [-0.3, -0.25) is 14.9 Å². The number of imide groups is 1. The van der Waals surface area contributed by atoms with Crippen LogP contribution in [-0.2, 0) is 19.1 Å². The van der Waals surface area contributed by atoms with Crippen LogP contribution < -0.4 is 10.6 Å². The van der Waals surface area contributed by atoms with Crippen molar-refractivity contribution in [2.24, 2.45) is 0 Å². The maximum atomic E-state index is 11.0. The molecule has 0 saturated carbocycles. The molecule has 0 radical (unpaired) electrons. The highest BCUT2D eigenvalue weighted by atomic mass is 16.5. The van der Waals surface area contributed by atoms with Gasteiger partial charge in [-0.15, -0.1) is 0 Å². The third-order valence-corrected chi connectivity index (χ3v) is 1.46. The normalized spacial score (nSPS) is 9.71. The minimum absolute atomic E-state index is 0.00836. The number of aliphatic carboxylic acids is 1. The van der Waals surface area contributed by atoms with Crippen LogP contribution in [0.4, 0.5) is 4.79 Å². The number of hydrogen-bond acceptors (Lipinski definition) is 5. The van der Waals surface area contributed by atoms with Gasteiger partial charge in [-0.2, -0.15) is 0 Å². The van der Waals surface area contributed by atoms with Gasteiger partial charge in [-0.05, 0) is 0 Å². The second-order valence-corrected chi connectivity index (χ2v) is 2.74. The van der Waals surface area contributed by atoms with Gasteiger partial charge in [0.05, 0.1) is 13.5 Å². The molecule has 0 saturated heterocycles. The summed E-state index contributed by atoms with van der Waals surface area (Å²) < 4.78 is 4.32. The van der Waals surface area contributed by atoms with E-state index in [9.17, 15) is 19.2 Å². The van der Waals surface area contributed by atoms with Crippen molar-refractivity contribution in [2.45, 2.75) is 6.42 Å². The Kier molecular flexibility index (Phi) is 6.75. The summed E-state index contributed by atoms with van der Waals surface area (Å²) in [6.45, 7) is 0.00836. The van der Waals surface area contributed by atoms with Gasteiger partial charge < -0.3 is 15.2 Å². The second-order valence-electron chi connectivity index (χ2n) is 2.74. The first kappa shape index (κ1) is 14.6. The second kappa shape index (κ2) is 7.85. The first-order chi connectivity index (χ1) is 7.95. The molecule has 0 bridgehead atoms. The minimum Gasteiger partial charge on any atom is -0.478 e. The zero-order chi connectivity index (χ0) is 13.3. The number of nitrogens with one attached hydrogen (secondary N) is 2. The molecular formula is C9H12N2O6. The van der Waals surface area contributed by atoms with Crippen LogP contribution in [0.5, 0.6) is 0 Å². The van der Waals surface area contributed by atoms with E-state index in [-0.39, 0.29) is 13.0 Å². The maximum absolute atomic E-state index is 11.0. The predicted octanol–water partition coefficient (Wildman–Crippen LogP) is -0.984. The van der Waals surface area contributed by atoms with Crippen molar-refractivity contribution in [3.63, 3.8) is 0 Å². The van der Waals surface area contributed by atoms with Gasteiger partial charge in [-0.25, -0.2) is 9.59 Å². The number of hydrogen-bond donors (Lipinski definition) is 3. The van der Waals surface area contributed by atoms with E-state index in [1.54, 1.807) is 0 Å². The monoisotopic (exact) mass is 244 g/mol. The fourth-order valence-electron chi connectivity index (χ4n) is 0.725. The molecule has 0 fully saturated rings. The number of carboxylic acid groups (broad SMARTS) is 1. The van der Waals surface area contributed by atoms with E-state index in [4.69, 9.17) is 5.11 Å². The quantitative estimate of drug-likeness (QED) is 0.422. The average Bonchev–Trinajstić information content (AvgIpc) is 2.26. The number of esters is 1. The van der Waals surface area contributed by atoms with E-state index in [0.717, 1.165) is 0 Å². The summed E-state index contributed by atoms with van der Waals surface area (Å²) in [5.41, 5.74) is 0. The van der Waals surface area contributed by atoms with Crippen LogP contribution in [0.1, 0.15) is 6.42 Å². The number of carboxylic acids is 1. The lowest BCUT2D eigenvalue weighted by Crippen LogP contribution is -2.39. The third-order valence-electron chi connectivity index (χ3n) is 1.46. The highest BCUT2D eigenvalue weighted by Crippen LogP contribution is 1.81. The predicted molar refractivity (Wildman–Crippen MR) is 55.0 cm³/mol. The van der Waals surface area contributed by atoms with Crippen LogP contribution in [0, 0.1) is 0 Å². The van der Waals surface area contributed by atoms with Crippen molar-refractivity contribution in [2.75, 3.05) is 13.7 Å². The molecule has 0 rings (SSSR count). The standard InChI is InChI=1S/C9H12N2O6/c1-17-8(15)4-5-10-9(16)11-6(12)2-3-7(13)14/h2-3H,4-5H2,1H3,(H,13,14)(H2,10,11,12,16). The molecule has 0 aliphatic heterocycles. The summed E-state index contributed by atoms with van der Waals surface area (Å²) in [5.74, 6) is -2.67. The van der Waals surface area contributed by atoms with Crippen LogP contribution >= 0.6 is 0 Å². The zero-order valence-electron chi connectivity index (χ0n) is 9.06. The maximum Gasteiger partial charge on any atom is 0.328 e. The zero-order valence-corrected chi connectivity index (χ0v) is 9.06. The molecule has 0 aromatic carbocycles. The van der Waals surface area contributed by atoms with Gasteiger partial charge in [0.25, 0.3) is 5.91 Å². The molecule has 3 amide bonds. The molecule has 3 N–H and O–H groups in total. The van der Waals surface area contributed by atoms with Crippen molar-refractivity contribution in [3.8, 4) is 0 Å². The Bertz CT molecular complexity index is 349. The minimum atomic E-state index is -1.30. The first-order valence-corrected chi connectivity index (χ1v) is 4.52. The molecule has 0 aromatic heterocycles. The van der Waals surface area contributed by atoms with E-state index >= 15 is 0 Å². The van der Waals surface area contributed by atoms with E-state index in [2.05, 4.69) is 10.1 Å². The lowest BCUT2D eigenvalue weighted by Gasteiger charge is -2.03. The number of methoxy groups -OCH3 is 1. The number of rotatable bonds is 5. The van der Waals surface area contributed by atoms with Crippen molar-refractivity contribution in [1.82, 2.24) is 10.6 Å². The summed E-state index contributed by atoms with van der Waals surface area (Å²) in [4.78, 5) is 42.6. The largest absolute Gasteiger partial charge is 0.478 e. The molecule has 94 valence electrons. The smallest absolute Gasteiger partial charge is 0.328 e. The third kappa shape index (κ3) is 8.60. The molecule has 0 spiro atoms. The molecule has 0 unspecified atom stereocenters. The Morgan fingerprint density at radius 3 is 2.41 bits per heavy atom. The van der Waals surface area contributed by atoms with Crippen molar-refractivity contribution in [1.29, 1.82) is 0 Å². The molecule has 8 heteroatoms. The van der Waals surface area contributed by atoms with Gasteiger partial charge in [0.2, 0.25) is 0 Å². The number of carbonyl (C=O) groups is 4. The van der Waals surface area contributed by atoms with E-state index in [1.807, 2.05) is 5.32 Å². The van der Waals surface area contributed by atoms with Gasteiger partial charge in [-0.1, -0.05) is 0 Å². The lowest BCUT2D eigenvalue weighted by atomic mass is 10.4. The Balaban J connectivity index is 3.83. The van der Waals surface area contributed by atoms with Crippen LogP contribution in [0.2, 0.25) is 0 Å². The number of carbonyl (C=O) groups excluding carboxylic acids is 3. The molecule has 0 heterocycles. The summed E-state index contributed by atoms with van der Waals surface area (Å²) in [5, 5.41) is 12.3. The molecule has 17 heavy (non-hydrogen) atoms. The van der Waals surface area contributed by atoms with Crippen LogP contribution in [0.25, 0.3) is 0 Å². The van der Waals surface area contributed by atoms with Gasteiger partial charge >= 0.3 is 18.0 Å². The summed E-state index contributed by atoms with van der Waals surface area (Å²) in [6, 6.07) is -0.825. The highest BCUT2D eigenvalue weighted by molar-refractivity contribution is 6.02. The fraction of sp³-hybridized carbons (Fsp3) is 0.333. The molecule has 0 aromatic rings. The molecular weight excluding hydrogens is 232 g/mol. The highest BCUT2D eigenvalue weighted by Gasteiger charge is 2.05. The Morgan fingerprint density at radius 2 is 1.88 bits per heavy atom. The molecule has 8 nitrogen and oxygen atoms in total. The summed E-state index contributed by atoms with van der Waals surface area (Å²) in [6.07, 6.45) is 1.27. The van der Waals surface area contributed by atoms with Crippen molar-refractivity contribution >= 4 is 23.9 Å². The van der Waals surface area contributed by atoms with Crippen molar-refractivity contribution < 1.29 is 29.0 Å². The number of amides is 3. The van der Waals surface area contributed by atoms with Crippen LogP contribution in [0.3, 0.4) is 0 Å². The Hall–Kier alpha value is -2.38. The summed E-state index contributed by atoms with van der Waals surface area (Å²) >= 11 is 0. The topological polar surface area (TPSA) is 122 Å². The fourth-order valence-corrected chi connectivity index (χ4v) is 0.725. The lowest BCUT2D eigenvalue weighted by molar-refractivity contribution is -0.140. The van der Waals surface area contributed by atoms with E-state index in [1.165, 1.54) is 7.11 Å². The van der Waals surface area contributed by atoms with Crippen LogP contribution in [0.15, 0.2) is 12.2 Å². The van der Waals surface area contributed by atoms with Gasteiger partial charge in [0, 0.05) is 18.7 Å². The van der Waals surface area contributed by atoms with Crippen LogP contribution in [-0.4, -0.2) is 42.6 Å². The van der Waals surface area contributed by atoms with E-state index < -0.39 is 23.9 Å². The Labute approximate surface area is 96.6 Å². The average molecular weight is 244 g/mol. The first-order valence-electron chi connectivity index (χ1n) is 4.52. The Morgan fingerprint density at radius 1 is 1.24 bits per heavy atom. The SMILES string of the molecule is COC(=O)CCNC(=O)NC(=O)C=CC(=O)O. The summed E-state index contributed by atoms with van der Waals surface area (Å²) in [7, 11) is 1.21. The number of urea groups is 1.